The van der Waals surface area contributed by atoms with E-state index in [9.17, 15) is 4.79 Å². The maximum Gasteiger partial charge on any atom is 0.410 e. The van der Waals surface area contributed by atoms with Crippen LogP contribution in [0.4, 0.5) is 10.5 Å². The highest BCUT2D eigenvalue weighted by atomic mass is 35.5. The summed E-state index contributed by atoms with van der Waals surface area (Å²) in [6, 6.07) is 3.22. The summed E-state index contributed by atoms with van der Waals surface area (Å²) < 4.78 is 7.80. The molecule has 0 bridgehead atoms. The largest absolute Gasteiger partial charge is 0.444 e. The Kier molecular flexibility index (Phi) is 6.32. The minimum atomic E-state index is -0.597. The van der Waals surface area contributed by atoms with Crippen LogP contribution in [0, 0.1) is 0 Å². The number of piperazine rings is 1. The Hall–Kier alpha value is -2.91. The van der Waals surface area contributed by atoms with Gasteiger partial charge in [0.05, 0.1) is 22.8 Å². The topological polar surface area (TPSA) is 88.4 Å². The summed E-state index contributed by atoms with van der Waals surface area (Å²) in [4.78, 5) is 31.7. The normalized spacial score (nSPS) is 20.2. The van der Waals surface area contributed by atoms with E-state index in [-0.39, 0.29) is 12.1 Å². The second-order valence-electron chi connectivity index (χ2n) is 11.1. The van der Waals surface area contributed by atoms with Gasteiger partial charge in [0.2, 0.25) is 0 Å². The number of aromatic nitrogens is 4. The number of carbonyl (C=O) groups is 1. The minimum absolute atomic E-state index is 0.340. The molecule has 36 heavy (non-hydrogen) atoms. The molecular weight excluding hydrogens is 478 g/mol. The lowest BCUT2D eigenvalue weighted by Gasteiger charge is -2.47. The van der Waals surface area contributed by atoms with Crippen molar-refractivity contribution in [1.29, 1.82) is 0 Å². The van der Waals surface area contributed by atoms with Crippen molar-refractivity contribution in [2.75, 3.05) is 31.1 Å². The number of amides is 1. The third-order valence-electron chi connectivity index (χ3n) is 6.81. The summed E-state index contributed by atoms with van der Waals surface area (Å²) in [5.74, 6) is 0.688. The number of pyridine rings is 1. The molecular formula is C26H34ClN7O2. The zero-order chi connectivity index (χ0) is 25.7. The van der Waals surface area contributed by atoms with Gasteiger partial charge >= 0.3 is 6.09 Å². The van der Waals surface area contributed by atoms with Gasteiger partial charge in [-0.25, -0.2) is 19.7 Å². The molecule has 0 aliphatic carbocycles. The van der Waals surface area contributed by atoms with Crippen molar-refractivity contribution >= 4 is 34.4 Å². The lowest BCUT2D eigenvalue weighted by Crippen LogP contribution is -2.61. The van der Waals surface area contributed by atoms with Crippen molar-refractivity contribution in [2.24, 2.45) is 0 Å². The molecule has 2 aliphatic heterocycles. The number of carbonyl (C=O) groups excluding carboxylic acids is 1. The lowest BCUT2D eigenvalue weighted by atomic mass is 9.87. The summed E-state index contributed by atoms with van der Waals surface area (Å²) >= 11 is 6.31. The second kappa shape index (κ2) is 9.19. The van der Waals surface area contributed by atoms with Crippen LogP contribution >= 0.6 is 11.6 Å². The molecule has 0 spiro atoms. The highest BCUT2D eigenvalue weighted by Gasteiger charge is 2.44. The Labute approximate surface area is 216 Å². The molecule has 0 radical (unpaired) electrons. The molecule has 1 N–H and O–H groups in total. The van der Waals surface area contributed by atoms with Crippen LogP contribution in [-0.4, -0.2) is 67.8 Å². The molecule has 0 aromatic carbocycles. The first-order chi connectivity index (χ1) is 17.0. The van der Waals surface area contributed by atoms with E-state index in [4.69, 9.17) is 26.3 Å². The Balaban J connectivity index is 1.72. The number of fused-ring (bicyclic) bond motifs is 1. The second-order valence-corrected chi connectivity index (χ2v) is 11.5. The summed E-state index contributed by atoms with van der Waals surface area (Å²) in [7, 11) is 0. The monoisotopic (exact) mass is 511 g/mol. The molecule has 5 heterocycles. The Morgan fingerprint density at radius 2 is 1.92 bits per heavy atom. The van der Waals surface area contributed by atoms with E-state index in [1.54, 1.807) is 18.6 Å². The molecule has 3 aromatic heterocycles. The van der Waals surface area contributed by atoms with Crippen LogP contribution in [0.25, 0.3) is 16.9 Å². The van der Waals surface area contributed by atoms with Gasteiger partial charge in [0.15, 0.2) is 5.65 Å². The van der Waals surface area contributed by atoms with Crippen LogP contribution in [0.1, 0.15) is 59.2 Å². The smallest absolute Gasteiger partial charge is 0.410 e. The predicted molar refractivity (Wildman–Crippen MR) is 141 cm³/mol. The highest BCUT2D eigenvalue weighted by Crippen LogP contribution is 2.42. The fraction of sp³-hybridized carbons (Fsp3) is 0.538. The molecule has 192 valence electrons. The van der Waals surface area contributed by atoms with Gasteiger partial charge in [0, 0.05) is 55.2 Å². The zero-order valence-electron chi connectivity index (χ0n) is 21.6. The van der Waals surface area contributed by atoms with Crippen molar-refractivity contribution in [3.63, 3.8) is 0 Å². The van der Waals surface area contributed by atoms with E-state index in [0.29, 0.717) is 23.9 Å². The molecule has 0 saturated carbocycles. The number of halogens is 1. The van der Waals surface area contributed by atoms with Crippen molar-refractivity contribution < 1.29 is 9.53 Å². The molecule has 5 rings (SSSR count). The Bertz CT molecular complexity index is 1280. The van der Waals surface area contributed by atoms with E-state index in [2.05, 4.69) is 35.2 Å². The number of rotatable bonds is 3. The quantitative estimate of drug-likeness (QED) is 0.543. The summed E-state index contributed by atoms with van der Waals surface area (Å²) in [5, 5.41) is 5.13. The standard InChI is InChI=1S/C26H34ClN7O2/c1-25(2,3)36-24(35)33-13-10-31-26(4,5)22(33)21-20-18(32-11-6-7-12-32)15-34(23(20)30-16-29-21)19-14-17(27)8-9-28-19/h8-9,14-16,22,31H,6-7,10-13H2,1-5H3. The van der Waals surface area contributed by atoms with Crippen LogP contribution in [0.2, 0.25) is 5.02 Å². The van der Waals surface area contributed by atoms with Gasteiger partial charge in [0.25, 0.3) is 0 Å². The molecule has 1 unspecified atom stereocenters. The Morgan fingerprint density at radius 1 is 1.17 bits per heavy atom. The van der Waals surface area contributed by atoms with Crippen molar-refractivity contribution in [3.8, 4) is 5.82 Å². The van der Waals surface area contributed by atoms with E-state index < -0.39 is 11.1 Å². The molecule has 2 fully saturated rings. The van der Waals surface area contributed by atoms with Gasteiger partial charge in [-0.2, -0.15) is 0 Å². The van der Waals surface area contributed by atoms with Gasteiger partial charge in [-0.1, -0.05) is 11.6 Å². The van der Waals surface area contributed by atoms with E-state index in [1.807, 2.05) is 36.3 Å². The first-order valence-electron chi connectivity index (χ1n) is 12.5. The fourth-order valence-electron chi connectivity index (χ4n) is 5.29. The minimum Gasteiger partial charge on any atom is -0.444 e. The number of nitrogens with zero attached hydrogens (tertiary/aromatic N) is 6. The average Bonchev–Trinajstić information content (AvgIpc) is 3.45. The number of anilines is 1. The van der Waals surface area contributed by atoms with E-state index in [0.717, 1.165) is 48.3 Å². The van der Waals surface area contributed by atoms with Gasteiger partial charge in [0.1, 0.15) is 17.7 Å². The molecule has 9 nitrogen and oxygen atoms in total. The van der Waals surface area contributed by atoms with E-state index >= 15 is 0 Å². The van der Waals surface area contributed by atoms with Gasteiger partial charge in [-0.3, -0.25) is 9.47 Å². The molecule has 2 saturated heterocycles. The maximum absolute atomic E-state index is 13.4. The van der Waals surface area contributed by atoms with Gasteiger partial charge in [-0.05, 0) is 53.5 Å². The number of nitrogens with one attached hydrogen (secondary N) is 1. The molecule has 10 heteroatoms. The summed E-state index contributed by atoms with van der Waals surface area (Å²) in [6.45, 7) is 13.0. The van der Waals surface area contributed by atoms with E-state index in [1.165, 1.54) is 0 Å². The lowest BCUT2D eigenvalue weighted by molar-refractivity contribution is -0.00488. The zero-order valence-corrected chi connectivity index (χ0v) is 22.3. The fourth-order valence-corrected chi connectivity index (χ4v) is 5.45. The third kappa shape index (κ3) is 4.62. The van der Waals surface area contributed by atoms with Crippen LogP contribution in [0.3, 0.4) is 0 Å². The van der Waals surface area contributed by atoms with Gasteiger partial charge < -0.3 is 15.0 Å². The molecule has 3 aromatic rings. The van der Waals surface area contributed by atoms with Crippen LogP contribution in [0.5, 0.6) is 0 Å². The first kappa shape index (κ1) is 24.8. The van der Waals surface area contributed by atoms with Crippen LogP contribution < -0.4 is 10.2 Å². The molecule has 2 aliphatic rings. The predicted octanol–water partition coefficient (Wildman–Crippen LogP) is 4.73. The average molecular weight is 512 g/mol. The highest BCUT2D eigenvalue weighted by molar-refractivity contribution is 6.30. The molecule has 1 amide bonds. The van der Waals surface area contributed by atoms with Crippen LogP contribution in [0.15, 0.2) is 30.9 Å². The van der Waals surface area contributed by atoms with Crippen LogP contribution in [-0.2, 0) is 4.74 Å². The van der Waals surface area contributed by atoms with Gasteiger partial charge in [-0.15, -0.1) is 0 Å². The SMILES string of the molecule is CC(C)(C)OC(=O)N1CCNC(C)(C)C1c1ncnc2c1c(N1CCCC1)cn2-c1cc(Cl)ccn1. The maximum atomic E-state index is 13.4. The third-order valence-corrected chi connectivity index (χ3v) is 7.04. The Morgan fingerprint density at radius 3 is 2.61 bits per heavy atom. The van der Waals surface area contributed by atoms with Crippen molar-refractivity contribution in [2.45, 2.75) is 64.6 Å². The summed E-state index contributed by atoms with van der Waals surface area (Å²) in [6.07, 6.45) is 7.27. The number of hydrogen-bond donors (Lipinski definition) is 1. The first-order valence-corrected chi connectivity index (χ1v) is 12.9. The number of hydrogen-bond acceptors (Lipinski definition) is 7. The van der Waals surface area contributed by atoms with Crippen molar-refractivity contribution in [3.05, 3.63) is 41.6 Å². The van der Waals surface area contributed by atoms with Crippen molar-refractivity contribution in [1.82, 2.24) is 29.7 Å². The number of ether oxygens (including phenoxy) is 1. The summed E-state index contributed by atoms with van der Waals surface area (Å²) in [5.41, 5.74) is 1.54. The molecule has 1 atom stereocenters.